The summed E-state index contributed by atoms with van der Waals surface area (Å²) in [5, 5.41) is 0. The molecule has 0 saturated heterocycles. The maximum atomic E-state index is 5.77. The lowest BCUT2D eigenvalue weighted by atomic mass is 9.84. The normalized spacial score (nSPS) is 13.3. The lowest BCUT2D eigenvalue weighted by Crippen LogP contribution is -2.23. The Labute approximate surface area is 160 Å². The molecule has 0 saturated carbocycles. The van der Waals surface area contributed by atoms with E-state index in [1.54, 1.807) is 18.7 Å². The van der Waals surface area contributed by atoms with Crippen LogP contribution >= 0.6 is 0 Å². The van der Waals surface area contributed by atoms with Gasteiger partial charge in [-0.3, -0.25) is 0 Å². The van der Waals surface area contributed by atoms with Crippen molar-refractivity contribution in [3.05, 3.63) is 54.0 Å². The van der Waals surface area contributed by atoms with E-state index in [1.807, 2.05) is 0 Å². The summed E-state index contributed by atoms with van der Waals surface area (Å²) in [5.74, 6) is 2.26. The van der Waals surface area contributed by atoms with E-state index in [0.29, 0.717) is 12.3 Å². The molecule has 0 bridgehead atoms. The van der Waals surface area contributed by atoms with Gasteiger partial charge in [-0.2, -0.15) is 0 Å². The fourth-order valence-corrected chi connectivity index (χ4v) is 2.99. The highest BCUT2D eigenvalue weighted by molar-refractivity contribution is 5.18. The lowest BCUT2D eigenvalue weighted by molar-refractivity contribution is 0.349. The highest BCUT2D eigenvalue weighted by atomic mass is 16.3. The maximum absolute atomic E-state index is 5.77. The molecule has 3 rings (SSSR count). The highest BCUT2D eigenvalue weighted by Gasteiger charge is 2.31. The van der Waals surface area contributed by atoms with Crippen LogP contribution in [0.25, 0.3) is 0 Å². The summed E-state index contributed by atoms with van der Waals surface area (Å²) in [7, 11) is 0. The summed E-state index contributed by atoms with van der Waals surface area (Å²) in [6.45, 7) is 14.7. The summed E-state index contributed by atoms with van der Waals surface area (Å²) in [4.78, 5) is 13.4. The zero-order chi connectivity index (χ0) is 19.9. The van der Waals surface area contributed by atoms with Crippen LogP contribution in [0.15, 0.2) is 38.4 Å². The molecule has 3 heterocycles. The Balaban J connectivity index is 1.73. The second-order valence-corrected chi connectivity index (χ2v) is 9.51. The summed E-state index contributed by atoms with van der Waals surface area (Å²) in [6.07, 6.45) is 8.05. The Hall–Kier alpha value is -2.37. The predicted molar refractivity (Wildman–Crippen MR) is 102 cm³/mol. The molecule has 0 aliphatic heterocycles. The molecule has 0 aromatic carbocycles. The monoisotopic (exact) mass is 371 g/mol. The van der Waals surface area contributed by atoms with Crippen molar-refractivity contribution in [2.45, 2.75) is 77.6 Å². The van der Waals surface area contributed by atoms with Crippen molar-refractivity contribution < 1.29 is 13.3 Å². The van der Waals surface area contributed by atoms with Gasteiger partial charge in [0, 0.05) is 29.1 Å². The quantitative estimate of drug-likeness (QED) is 0.607. The first-order valence-corrected chi connectivity index (χ1v) is 9.26. The summed E-state index contributed by atoms with van der Waals surface area (Å²) in [5.41, 5.74) is 1.28. The van der Waals surface area contributed by atoms with Crippen LogP contribution in [0, 0.1) is 0 Å². The Bertz CT molecular complexity index is 880. The van der Waals surface area contributed by atoms with Gasteiger partial charge in [0.25, 0.3) is 0 Å². The summed E-state index contributed by atoms with van der Waals surface area (Å²) in [6, 6.07) is 0. The molecular weight excluding hydrogens is 342 g/mol. The van der Waals surface area contributed by atoms with E-state index in [2.05, 4.69) is 58.4 Å². The van der Waals surface area contributed by atoms with E-state index in [1.165, 1.54) is 6.39 Å². The third kappa shape index (κ3) is 4.31. The van der Waals surface area contributed by atoms with Crippen molar-refractivity contribution in [2.24, 2.45) is 0 Å². The zero-order valence-electron chi connectivity index (χ0n) is 17.3. The van der Waals surface area contributed by atoms with Gasteiger partial charge in [-0.1, -0.05) is 48.5 Å². The van der Waals surface area contributed by atoms with E-state index in [9.17, 15) is 0 Å². The minimum Gasteiger partial charge on any atom is -0.449 e. The van der Waals surface area contributed by atoms with Gasteiger partial charge in [-0.05, 0) is 0 Å². The molecule has 0 aliphatic carbocycles. The summed E-state index contributed by atoms with van der Waals surface area (Å²) >= 11 is 0. The molecule has 0 unspecified atom stereocenters. The molecule has 3 aromatic heterocycles. The van der Waals surface area contributed by atoms with Crippen molar-refractivity contribution in [3.8, 4) is 0 Å². The van der Waals surface area contributed by atoms with Gasteiger partial charge in [-0.15, -0.1) is 0 Å². The topological polar surface area (TPSA) is 78.1 Å². The Morgan fingerprint density at radius 2 is 1.56 bits per heavy atom. The number of aromatic nitrogens is 3. The predicted octanol–water partition coefficient (Wildman–Crippen LogP) is 4.99. The van der Waals surface area contributed by atoms with Crippen LogP contribution in [-0.2, 0) is 29.1 Å². The number of hydrogen-bond acceptors (Lipinski definition) is 6. The molecule has 0 radical (unpaired) electrons. The molecule has 0 amide bonds. The third-order valence-corrected chi connectivity index (χ3v) is 4.75. The van der Waals surface area contributed by atoms with Gasteiger partial charge in [-0.25, -0.2) is 15.0 Å². The van der Waals surface area contributed by atoms with Crippen LogP contribution in [0.4, 0.5) is 0 Å². The van der Waals surface area contributed by atoms with Crippen molar-refractivity contribution in [1.82, 2.24) is 15.0 Å². The van der Waals surface area contributed by atoms with Gasteiger partial charge >= 0.3 is 0 Å². The first kappa shape index (κ1) is 19.4. The summed E-state index contributed by atoms with van der Waals surface area (Å²) < 4.78 is 16.9. The number of nitrogens with zero attached hydrogens (tertiary/aromatic N) is 3. The van der Waals surface area contributed by atoms with Crippen molar-refractivity contribution in [1.29, 1.82) is 0 Å². The SMILES string of the molecule is CC(C)(C)c1nc(CC(C)(C)c2coc(CC(C)(C)c3cnco3)n2)co1. The van der Waals surface area contributed by atoms with E-state index < -0.39 is 0 Å². The van der Waals surface area contributed by atoms with Gasteiger partial charge in [0.15, 0.2) is 18.2 Å². The van der Waals surface area contributed by atoms with E-state index in [0.717, 1.165) is 29.5 Å². The Morgan fingerprint density at radius 3 is 2.15 bits per heavy atom. The fourth-order valence-electron chi connectivity index (χ4n) is 2.99. The molecule has 3 aromatic rings. The van der Waals surface area contributed by atoms with Gasteiger partial charge < -0.3 is 13.3 Å². The molecular formula is C21H29N3O3. The average molecular weight is 371 g/mol. The minimum atomic E-state index is -0.240. The molecule has 6 heteroatoms. The molecule has 0 fully saturated rings. The van der Waals surface area contributed by atoms with E-state index >= 15 is 0 Å². The lowest BCUT2D eigenvalue weighted by Gasteiger charge is -2.21. The van der Waals surface area contributed by atoms with Gasteiger partial charge in [0.1, 0.15) is 18.3 Å². The number of oxazole rings is 3. The van der Waals surface area contributed by atoms with Crippen LogP contribution < -0.4 is 0 Å². The van der Waals surface area contributed by atoms with Crippen LogP contribution in [0.3, 0.4) is 0 Å². The third-order valence-electron chi connectivity index (χ3n) is 4.75. The zero-order valence-corrected chi connectivity index (χ0v) is 17.3. The van der Waals surface area contributed by atoms with Crippen molar-refractivity contribution >= 4 is 0 Å². The first-order chi connectivity index (χ1) is 12.5. The first-order valence-electron chi connectivity index (χ1n) is 9.26. The largest absolute Gasteiger partial charge is 0.449 e. The average Bonchev–Trinajstić information content (AvgIpc) is 3.27. The Kier molecular flexibility index (Phi) is 4.78. The minimum absolute atomic E-state index is 0.101. The molecule has 27 heavy (non-hydrogen) atoms. The second kappa shape index (κ2) is 6.66. The molecule has 0 N–H and O–H groups in total. The molecule has 146 valence electrons. The van der Waals surface area contributed by atoms with Crippen LogP contribution in [0.2, 0.25) is 0 Å². The van der Waals surface area contributed by atoms with Crippen LogP contribution in [0.1, 0.15) is 77.4 Å². The molecule has 0 atom stereocenters. The molecule has 0 aliphatic rings. The standard InChI is InChI=1S/C21H29N3O3/c1-19(2,3)18-23-14(11-26-18)8-20(4,5)15-12-25-17(24-15)9-21(6,7)16-10-22-13-27-16/h10-13H,8-9H2,1-7H3. The van der Waals surface area contributed by atoms with E-state index in [4.69, 9.17) is 18.2 Å². The van der Waals surface area contributed by atoms with Crippen molar-refractivity contribution in [2.75, 3.05) is 0 Å². The molecule has 0 spiro atoms. The number of hydrogen-bond donors (Lipinski definition) is 0. The van der Waals surface area contributed by atoms with Crippen LogP contribution in [0.5, 0.6) is 0 Å². The number of rotatable bonds is 6. The molecule has 6 nitrogen and oxygen atoms in total. The van der Waals surface area contributed by atoms with E-state index in [-0.39, 0.29) is 16.2 Å². The van der Waals surface area contributed by atoms with Crippen molar-refractivity contribution in [3.63, 3.8) is 0 Å². The highest BCUT2D eigenvalue weighted by Crippen LogP contribution is 2.31. The smallest absolute Gasteiger partial charge is 0.199 e. The van der Waals surface area contributed by atoms with Gasteiger partial charge in [0.05, 0.1) is 17.6 Å². The van der Waals surface area contributed by atoms with Gasteiger partial charge in [0.2, 0.25) is 0 Å². The Morgan fingerprint density at radius 1 is 0.815 bits per heavy atom. The maximum Gasteiger partial charge on any atom is 0.199 e. The fraction of sp³-hybridized carbons (Fsp3) is 0.571. The van der Waals surface area contributed by atoms with Crippen LogP contribution in [-0.4, -0.2) is 15.0 Å². The second-order valence-electron chi connectivity index (χ2n) is 9.51.